The summed E-state index contributed by atoms with van der Waals surface area (Å²) in [6, 6.07) is -2.00. The molecule has 0 fully saturated rings. The van der Waals surface area contributed by atoms with Gasteiger partial charge in [-0.05, 0) is 25.4 Å². The Morgan fingerprint density at radius 1 is 1.33 bits per heavy atom. The zero-order chi connectivity index (χ0) is 14.1. The van der Waals surface area contributed by atoms with Crippen molar-refractivity contribution in [2.45, 2.75) is 31.8 Å². The molecule has 8 heteroatoms. The Balaban J connectivity index is 4.35. The number of hydrogen-bond donors (Lipinski definition) is 4. The molecule has 0 bridgehead atoms. The number of carboxylic acid groups (broad SMARTS) is 1. The van der Waals surface area contributed by atoms with Crippen molar-refractivity contribution in [1.82, 2.24) is 10.6 Å². The molecule has 2 atom stereocenters. The second-order valence-electron chi connectivity index (χ2n) is 3.85. The largest absolute Gasteiger partial charge is 0.481 e. The number of carbonyl (C=O) groups is 3. The number of amides is 3. The number of nitrogens with two attached hydrogens (primary N) is 1. The molecule has 0 aromatic rings. The quantitative estimate of drug-likeness (QED) is 0.487. The molecule has 2 unspecified atom stereocenters. The highest BCUT2D eigenvalue weighted by Crippen LogP contribution is 2.02. The van der Waals surface area contributed by atoms with Gasteiger partial charge in [0.15, 0.2) is 0 Å². The highest BCUT2D eigenvalue weighted by Gasteiger charge is 2.21. The van der Waals surface area contributed by atoms with Crippen LogP contribution in [0.3, 0.4) is 0 Å². The van der Waals surface area contributed by atoms with Crippen LogP contribution in [-0.2, 0) is 9.59 Å². The number of primary amides is 1. The minimum Gasteiger partial charge on any atom is -0.481 e. The second-order valence-corrected chi connectivity index (χ2v) is 4.84. The number of rotatable bonds is 8. The van der Waals surface area contributed by atoms with E-state index in [1.807, 2.05) is 6.26 Å². The van der Waals surface area contributed by atoms with Gasteiger partial charge in [0, 0.05) is 6.04 Å². The molecule has 3 amide bonds. The van der Waals surface area contributed by atoms with E-state index in [4.69, 9.17) is 10.8 Å². The third-order valence-electron chi connectivity index (χ3n) is 2.11. The van der Waals surface area contributed by atoms with Crippen LogP contribution in [0.1, 0.15) is 19.8 Å². The van der Waals surface area contributed by atoms with Crippen LogP contribution in [0.15, 0.2) is 0 Å². The highest BCUT2D eigenvalue weighted by molar-refractivity contribution is 7.98. The van der Waals surface area contributed by atoms with Crippen LogP contribution in [0.2, 0.25) is 0 Å². The van der Waals surface area contributed by atoms with Crippen molar-refractivity contribution in [1.29, 1.82) is 0 Å². The molecule has 0 saturated carbocycles. The number of nitrogens with one attached hydrogen (secondary N) is 2. The maximum absolute atomic E-state index is 11.8. The number of aliphatic carboxylic acids is 1. The zero-order valence-corrected chi connectivity index (χ0v) is 11.3. The highest BCUT2D eigenvalue weighted by atomic mass is 32.2. The molecule has 0 heterocycles. The van der Waals surface area contributed by atoms with Gasteiger partial charge >= 0.3 is 12.0 Å². The first-order chi connectivity index (χ1) is 8.36. The molecule has 0 radical (unpaired) electrons. The summed E-state index contributed by atoms with van der Waals surface area (Å²) in [4.78, 5) is 33.0. The fourth-order valence-electron chi connectivity index (χ4n) is 1.33. The van der Waals surface area contributed by atoms with Crippen molar-refractivity contribution in [3.8, 4) is 0 Å². The topological polar surface area (TPSA) is 122 Å². The Morgan fingerprint density at radius 2 is 1.94 bits per heavy atom. The van der Waals surface area contributed by atoms with E-state index in [2.05, 4.69) is 10.6 Å². The van der Waals surface area contributed by atoms with Crippen molar-refractivity contribution >= 4 is 29.7 Å². The smallest absolute Gasteiger partial charge is 0.312 e. The molecule has 104 valence electrons. The number of thioether (sulfide) groups is 1. The Labute approximate surface area is 110 Å². The molecule has 7 nitrogen and oxygen atoms in total. The third-order valence-corrected chi connectivity index (χ3v) is 2.76. The molecule has 0 aliphatic carbocycles. The zero-order valence-electron chi connectivity index (χ0n) is 10.4. The van der Waals surface area contributed by atoms with E-state index < -0.39 is 30.0 Å². The van der Waals surface area contributed by atoms with E-state index in [1.54, 1.807) is 6.92 Å². The number of hydrogen-bond acceptors (Lipinski definition) is 4. The molecule has 5 N–H and O–H groups in total. The van der Waals surface area contributed by atoms with Crippen LogP contribution in [0, 0.1) is 0 Å². The van der Waals surface area contributed by atoms with Crippen molar-refractivity contribution in [3.05, 3.63) is 0 Å². The van der Waals surface area contributed by atoms with Crippen LogP contribution >= 0.6 is 11.8 Å². The lowest BCUT2D eigenvalue weighted by Gasteiger charge is -2.19. The third kappa shape index (κ3) is 7.77. The monoisotopic (exact) mass is 277 g/mol. The van der Waals surface area contributed by atoms with Crippen LogP contribution in [0.5, 0.6) is 0 Å². The minimum absolute atomic E-state index is 0.169. The van der Waals surface area contributed by atoms with E-state index >= 15 is 0 Å². The van der Waals surface area contributed by atoms with Crippen molar-refractivity contribution < 1.29 is 19.5 Å². The molecule has 0 aromatic heterocycles. The minimum atomic E-state index is -0.994. The standard InChI is InChI=1S/C10H19N3O4S/c1-6(5-8(14)15)12-9(16)7(3-4-18-2)13-10(11)17/h6-7H,3-5H2,1-2H3,(H,12,16)(H,14,15)(H3,11,13,17). The van der Waals surface area contributed by atoms with E-state index in [0.29, 0.717) is 12.2 Å². The summed E-state index contributed by atoms with van der Waals surface area (Å²) >= 11 is 1.54. The lowest BCUT2D eigenvalue weighted by Crippen LogP contribution is -2.51. The number of carbonyl (C=O) groups excluding carboxylic acids is 2. The van der Waals surface area contributed by atoms with Crippen LogP contribution in [0.25, 0.3) is 0 Å². The first-order valence-electron chi connectivity index (χ1n) is 5.44. The molecule has 0 rings (SSSR count). The normalized spacial score (nSPS) is 13.4. The number of urea groups is 1. The predicted molar refractivity (Wildman–Crippen MR) is 69.4 cm³/mol. The summed E-state index contributed by atoms with van der Waals surface area (Å²) in [7, 11) is 0. The SMILES string of the molecule is CSCCC(NC(N)=O)C(=O)NC(C)CC(=O)O. The van der Waals surface area contributed by atoms with Crippen LogP contribution in [-0.4, -0.2) is 47.1 Å². The van der Waals surface area contributed by atoms with Gasteiger partial charge in [-0.1, -0.05) is 0 Å². The predicted octanol–water partition coefficient (Wildman–Crippen LogP) is -0.244. The average Bonchev–Trinajstić information content (AvgIpc) is 2.22. The summed E-state index contributed by atoms with van der Waals surface area (Å²) in [6.45, 7) is 1.59. The molecule has 0 aliphatic rings. The lowest BCUT2D eigenvalue weighted by molar-refractivity contribution is -0.137. The first-order valence-corrected chi connectivity index (χ1v) is 6.83. The fraction of sp³-hybridized carbons (Fsp3) is 0.700. The molecule has 0 saturated heterocycles. The van der Waals surface area contributed by atoms with Gasteiger partial charge in [-0.3, -0.25) is 9.59 Å². The van der Waals surface area contributed by atoms with Gasteiger partial charge in [0.1, 0.15) is 6.04 Å². The lowest BCUT2D eigenvalue weighted by atomic mass is 10.1. The van der Waals surface area contributed by atoms with E-state index in [-0.39, 0.29) is 6.42 Å². The van der Waals surface area contributed by atoms with Crippen molar-refractivity contribution in [3.63, 3.8) is 0 Å². The van der Waals surface area contributed by atoms with Crippen molar-refractivity contribution in [2.24, 2.45) is 5.73 Å². The second kappa shape index (κ2) is 8.62. The summed E-state index contributed by atoms with van der Waals surface area (Å²) in [5.74, 6) is -0.728. The molecule has 0 spiro atoms. The fourth-order valence-corrected chi connectivity index (χ4v) is 1.80. The van der Waals surface area contributed by atoms with Gasteiger partial charge in [-0.2, -0.15) is 11.8 Å². The Morgan fingerprint density at radius 3 is 2.39 bits per heavy atom. The van der Waals surface area contributed by atoms with Gasteiger partial charge in [0.2, 0.25) is 5.91 Å². The Hall–Kier alpha value is -1.44. The van der Waals surface area contributed by atoms with E-state index in [0.717, 1.165) is 0 Å². The molecular formula is C10H19N3O4S. The van der Waals surface area contributed by atoms with Gasteiger partial charge in [-0.25, -0.2) is 4.79 Å². The summed E-state index contributed by atoms with van der Waals surface area (Å²) in [5.41, 5.74) is 4.98. The van der Waals surface area contributed by atoms with E-state index in [9.17, 15) is 14.4 Å². The maximum Gasteiger partial charge on any atom is 0.312 e. The summed E-state index contributed by atoms with van der Waals surface area (Å²) in [6.07, 6.45) is 2.15. The Bertz CT molecular complexity index is 311. The molecule has 0 aliphatic heterocycles. The van der Waals surface area contributed by atoms with Gasteiger partial charge < -0.3 is 21.5 Å². The molecular weight excluding hydrogens is 258 g/mol. The van der Waals surface area contributed by atoms with Crippen LogP contribution < -0.4 is 16.4 Å². The van der Waals surface area contributed by atoms with E-state index in [1.165, 1.54) is 11.8 Å². The van der Waals surface area contributed by atoms with Gasteiger partial charge in [0.25, 0.3) is 0 Å². The maximum atomic E-state index is 11.8. The van der Waals surface area contributed by atoms with Crippen LogP contribution in [0.4, 0.5) is 4.79 Å². The summed E-state index contributed by atoms with van der Waals surface area (Å²) < 4.78 is 0. The first kappa shape index (κ1) is 16.6. The Kier molecular flexibility index (Phi) is 7.93. The molecule has 18 heavy (non-hydrogen) atoms. The van der Waals surface area contributed by atoms with Gasteiger partial charge in [0.05, 0.1) is 6.42 Å². The van der Waals surface area contributed by atoms with Gasteiger partial charge in [-0.15, -0.1) is 0 Å². The number of carboxylic acids is 1. The molecule has 0 aromatic carbocycles. The average molecular weight is 277 g/mol. The van der Waals surface area contributed by atoms with Crippen molar-refractivity contribution in [2.75, 3.05) is 12.0 Å². The summed E-state index contributed by atoms with van der Waals surface area (Å²) in [5, 5.41) is 13.4.